The lowest BCUT2D eigenvalue weighted by atomic mass is 9.95. The third kappa shape index (κ3) is 4.75. The molecule has 1 fully saturated rings. The molecule has 1 rings (SSSR count). The van der Waals surface area contributed by atoms with Crippen molar-refractivity contribution in [3.8, 4) is 0 Å². The monoisotopic (exact) mass is 272 g/mol. The van der Waals surface area contributed by atoms with Crippen LogP contribution in [0.4, 0.5) is 0 Å². The molecule has 0 saturated carbocycles. The maximum atomic E-state index is 11.9. The second-order valence-corrected chi connectivity index (χ2v) is 5.37. The zero-order valence-corrected chi connectivity index (χ0v) is 12.7. The molecule has 1 N–H and O–H groups in total. The van der Waals surface area contributed by atoms with Gasteiger partial charge in [0.1, 0.15) is 5.54 Å². The summed E-state index contributed by atoms with van der Waals surface area (Å²) in [6, 6.07) is 0.470. The van der Waals surface area contributed by atoms with Gasteiger partial charge in [0.25, 0.3) is 0 Å². The number of nitrogens with one attached hydrogen (secondary N) is 1. The summed E-state index contributed by atoms with van der Waals surface area (Å²) in [5, 5.41) is 3.09. The Kier molecular flexibility index (Phi) is 6.75. The first-order valence-corrected chi connectivity index (χ1v) is 7.21. The molecule has 5 heteroatoms. The molecule has 19 heavy (non-hydrogen) atoms. The van der Waals surface area contributed by atoms with Gasteiger partial charge in [-0.25, -0.2) is 0 Å². The number of nitrogens with zero attached hydrogens (tertiary/aromatic N) is 1. The molecular weight excluding hydrogens is 244 g/mol. The number of likely N-dealkylation sites (N-methyl/N-ethyl adjacent to an activating group) is 1. The van der Waals surface area contributed by atoms with Crippen molar-refractivity contribution in [1.29, 1.82) is 0 Å². The number of carbonyl (C=O) groups is 1. The van der Waals surface area contributed by atoms with Crippen molar-refractivity contribution in [3.63, 3.8) is 0 Å². The van der Waals surface area contributed by atoms with E-state index in [-0.39, 0.29) is 5.97 Å². The number of hydrogen-bond donors (Lipinski definition) is 1. The summed E-state index contributed by atoms with van der Waals surface area (Å²) in [6.07, 6.45) is 1.76. The van der Waals surface area contributed by atoms with Crippen molar-refractivity contribution < 1.29 is 14.3 Å². The predicted molar refractivity (Wildman–Crippen MR) is 75.2 cm³/mol. The minimum atomic E-state index is -0.578. The van der Waals surface area contributed by atoms with Crippen molar-refractivity contribution in [2.24, 2.45) is 0 Å². The maximum Gasteiger partial charge on any atom is 0.326 e. The van der Waals surface area contributed by atoms with E-state index in [1.807, 2.05) is 20.9 Å². The zero-order valence-electron chi connectivity index (χ0n) is 12.7. The van der Waals surface area contributed by atoms with Crippen molar-refractivity contribution in [2.75, 3.05) is 40.0 Å². The average Bonchev–Trinajstić information content (AvgIpc) is 2.41. The number of hydrogen-bond acceptors (Lipinski definition) is 5. The molecule has 5 nitrogen and oxygen atoms in total. The normalized spacial score (nSPS) is 23.9. The fourth-order valence-corrected chi connectivity index (χ4v) is 2.35. The van der Waals surface area contributed by atoms with Crippen molar-refractivity contribution in [2.45, 2.75) is 45.2 Å². The van der Waals surface area contributed by atoms with Crippen LogP contribution in [0.25, 0.3) is 0 Å². The summed E-state index contributed by atoms with van der Waals surface area (Å²) in [4.78, 5) is 14.3. The van der Waals surface area contributed by atoms with Gasteiger partial charge >= 0.3 is 5.97 Å². The van der Waals surface area contributed by atoms with E-state index in [0.717, 1.165) is 39.1 Å². The number of rotatable bonds is 7. The molecule has 0 bridgehead atoms. The molecule has 2 atom stereocenters. The molecule has 0 aromatic rings. The smallest absolute Gasteiger partial charge is 0.326 e. The van der Waals surface area contributed by atoms with Crippen molar-refractivity contribution in [1.82, 2.24) is 10.2 Å². The molecule has 1 saturated heterocycles. The molecular formula is C14H28N2O3. The Morgan fingerprint density at radius 2 is 2.32 bits per heavy atom. The Hall–Kier alpha value is -0.650. The van der Waals surface area contributed by atoms with Crippen LogP contribution in [0, 0.1) is 0 Å². The van der Waals surface area contributed by atoms with Crippen LogP contribution < -0.4 is 5.32 Å². The standard InChI is InChI=1S/C14H28N2O3/c1-5-19-13(17)14(3,15-4)7-6-8-16-9-10-18-11-12(16)2/h12,15H,5-11H2,1-4H3. The second-order valence-electron chi connectivity index (χ2n) is 5.37. The van der Waals surface area contributed by atoms with E-state index in [9.17, 15) is 4.79 Å². The highest BCUT2D eigenvalue weighted by molar-refractivity contribution is 5.80. The van der Waals surface area contributed by atoms with Gasteiger partial charge in [-0.05, 0) is 47.2 Å². The van der Waals surface area contributed by atoms with Crippen LogP contribution in [0.15, 0.2) is 0 Å². The Labute approximate surface area is 116 Å². The summed E-state index contributed by atoms with van der Waals surface area (Å²) < 4.78 is 10.5. The van der Waals surface area contributed by atoms with E-state index in [4.69, 9.17) is 9.47 Å². The van der Waals surface area contributed by atoms with E-state index >= 15 is 0 Å². The predicted octanol–water partition coefficient (Wildman–Crippen LogP) is 1.03. The van der Waals surface area contributed by atoms with Gasteiger partial charge in [-0.3, -0.25) is 9.69 Å². The molecule has 0 aromatic heterocycles. The lowest BCUT2D eigenvalue weighted by molar-refractivity contribution is -0.150. The first-order valence-electron chi connectivity index (χ1n) is 7.21. The summed E-state index contributed by atoms with van der Waals surface area (Å²) in [5.41, 5.74) is -0.578. The first-order chi connectivity index (χ1) is 9.03. The van der Waals surface area contributed by atoms with Crippen LogP contribution in [0.1, 0.15) is 33.6 Å². The fraction of sp³-hybridized carbons (Fsp3) is 0.929. The zero-order chi connectivity index (χ0) is 14.3. The fourth-order valence-electron chi connectivity index (χ4n) is 2.35. The number of carbonyl (C=O) groups excluding carboxylic acids is 1. The first kappa shape index (κ1) is 16.4. The van der Waals surface area contributed by atoms with Crippen LogP contribution in [-0.2, 0) is 14.3 Å². The van der Waals surface area contributed by atoms with E-state index < -0.39 is 5.54 Å². The molecule has 2 unspecified atom stereocenters. The molecule has 0 spiro atoms. The van der Waals surface area contributed by atoms with E-state index in [1.165, 1.54) is 0 Å². The average molecular weight is 272 g/mol. The highest BCUT2D eigenvalue weighted by Gasteiger charge is 2.32. The largest absolute Gasteiger partial charge is 0.465 e. The topological polar surface area (TPSA) is 50.8 Å². The van der Waals surface area contributed by atoms with Gasteiger partial charge in [0.15, 0.2) is 0 Å². The molecule has 0 aliphatic carbocycles. The third-order valence-corrected chi connectivity index (χ3v) is 3.91. The Morgan fingerprint density at radius 3 is 2.89 bits per heavy atom. The van der Waals surface area contributed by atoms with Gasteiger partial charge in [-0.1, -0.05) is 0 Å². The minimum Gasteiger partial charge on any atom is -0.465 e. The number of ether oxygens (including phenoxy) is 2. The quantitative estimate of drug-likeness (QED) is 0.702. The molecule has 1 heterocycles. The van der Waals surface area contributed by atoms with Crippen LogP contribution in [0.5, 0.6) is 0 Å². The minimum absolute atomic E-state index is 0.160. The van der Waals surface area contributed by atoms with Crippen molar-refractivity contribution in [3.05, 3.63) is 0 Å². The lowest BCUT2D eigenvalue weighted by Gasteiger charge is -2.34. The SMILES string of the molecule is CCOC(=O)C(C)(CCCN1CCOCC1C)NC. The third-order valence-electron chi connectivity index (χ3n) is 3.91. The van der Waals surface area contributed by atoms with Crippen LogP contribution >= 0.6 is 0 Å². The molecule has 1 aliphatic rings. The molecule has 0 radical (unpaired) electrons. The molecule has 112 valence electrons. The van der Waals surface area contributed by atoms with Crippen LogP contribution in [-0.4, -0.2) is 62.4 Å². The molecule has 0 amide bonds. The van der Waals surface area contributed by atoms with Crippen molar-refractivity contribution >= 4 is 5.97 Å². The second kappa shape index (κ2) is 7.82. The summed E-state index contributed by atoms with van der Waals surface area (Å²) in [6.45, 7) is 9.96. The highest BCUT2D eigenvalue weighted by atomic mass is 16.5. The van der Waals surface area contributed by atoms with Gasteiger partial charge in [-0.2, -0.15) is 0 Å². The van der Waals surface area contributed by atoms with Gasteiger partial charge in [-0.15, -0.1) is 0 Å². The lowest BCUT2D eigenvalue weighted by Crippen LogP contribution is -2.50. The Bertz CT molecular complexity index is 286. The van der Waals surface area contributed by atoms with Gasteiger partial charge in [0.2, 0.25) is 0 Å². The van der Waals surface area contributed by atoms with E-state index in [0.29, 0.717) is 12.6 Å². The Balaban J connectivity index is 2.38. The van der Waals surface area contributed by atoms with Gasteiger partial charge in [0, 0.05) is 12.6 Å². The van der Waals surface area contributed by atoms with Gasteiger partial charge in [0.05, 0.1) is 19.8 Å². The summed E-state index contributed by atoms with van der Waals surface area (Å²) in [7, 11) is 1.81. The maximum absolute atomic E-state index is 11.9. The van der Waals surface area contributed by atoms with Crippen LogP contribution in [0.2, 0.25) is 0 Å². The summed E-state index contributed by atoms with van der Waals surface area (Å²) in [5.74, 6) is -0.160. The van der Waals surface area contributed by atoms with E-state index in [1.54, 1.807) is 0 Å². The highest BCUT2D eigenvalue weighted by Crippen LogP contribution is 2.16. The Morgan fingerprint density at radius 1 is 1.58 bits per heavy atom. The van der Waals surface area contributed by atoms with E-state index in [2.05, 4.69) is 17.1 Å². The number of morpholine rings is 1. The van der Waals surface area contributed by atoms with Crippen LogP contribution in [0.3, 0.4) is 0 Å². The van der Waals surface area contributed by atoms with Gasteiger partial charge < -0.3 is 14.8 Å². The molecule has 0 aromatic carbocycles. The molecule has 1 aliphatic heterocycles. The number of esters is 1. The summed E-state index contributed by atoms with van der Waals surface area (Å²) >= 11 is 0.